The van der Waals surface area contributed by atoms with Gasteiger partial charge in [0.1, 0.15) is 5.75 Å². The third-order valence-corrected chi connectivity index (χ3v) is 4.81. The van der Waals surface area contributed by atoms with Crippen LogP contribution in [0.3, 0.4) is 0 Å². The van der Waals surface area contributed by atoms with Gasteiger partial charge in [0.25, 0.3) is 0 Å². The molecule has 0 spiro atoms. The molecule has 0 aliphatic heterocycles. The largest absolute Gasteiger partial charge is 0.496 e. The van der Waals surface area contributed by atoms with E-state index in [0.29, 0.717) is 12.2 Å². The fourth-order valence-electron chi connectivity index (χ4n) is 1.98. The van der Waals surface area contributed by atoms with Crippen LogP contribution in [0.4, 0.5) is 0 Å². The molecule has 0 bridgehead atoms. The lowest BCUT2D eigenvalue weighted by atomic mass is 9.86. The summed E-state index contributed by atoms with van der Waals surface area (Å²) < 4.78 is 31.8. The number of unbranched alkanes of at least 4 members (excludes halogenated alkanes) is 1. The molecule has 0 aliphatic rings. The minimum Gasteiger partial charge on any atom is -0.496 e. The highest BCUT2D eigenvalue weighted by atomic mass is 32.2. The predicted molar refractivity (Wildman–Crippen MR) is 87.2 cm³/mol. The zero-order valence-corrected chi connectivity index (χ0v) is 14.5. The van der Waals surface area contributed by atoms with Gasteiger partial charge in [-0.2, -0.15) is 0 Å². The monoisotopic (exact) mass is 313 g/mol. The number of nitrogens with one attached hydrogen (secondary N) is 1. The summed E-state index contributed by atoms with van der Waals surface area (Å²) in [6, 6.07) is 5.94. The summed E-state index contributed by atoms with van der Waals surface area (Å²) in [4.78, 5) is 0. The maximum Gasteiger partial charge on any atom is 0.211 e. The molecule has 1 aromatic carbocycles. The molecular weight excluding hydrogens is 286 g/mol. The minimum absolute atomic E-state index is 0.0160. The second-order valence-corrected chi connectivity index (χ2v) is 8.20. The molecule has 21 heavy (non-hydrogen) atoms. The number of rotatable bonds is 7. The molecule has 1 N–H and O–H groups in total. The van der Waals surface area contributed by atoms with E-state index in [1.807, 2.05) is 25.1 Å². The smallest absolute Gasteiger partial charge is 0.211 e. The van der Waals surface area contributed by atoms with Crippen LogP contribution in [0.15, 0.2) is 18.2 Å². The van der Waals surface area contributed by atoms with E-state index in [1.165, 1.54) is 0 Å². The van der Waals surface area contributed by atoms with Crippen molar-refractivity contribution in [3.05, 3.63) is 29.3 Å². The Kier molecular flexibility index (Phi) is 6.23. The Labute approximate surface area is 129 Å². The third kappa shape index (κ3) is 5.67. The number of ether oxygens (including phenoxy) is 1. The van der Waals surface area contributed by atoms with Crippen molar-refractivity contribution in [3.63, 3.8) is 0 Å². The van der Waals surface area contributed by atoms with Gasteiger partial charge in [0.2, 0.25) is 10.0 Å². The normalized spacial score (nSPS) is 12.4. The quantitative estimate of drug-likeness (QED) is 0.841. The molecule has 0 atom stereocenters. The lowest BCUT2D eigenvalue weighted by Gasteiger charge is -2.21. The van der Waals surface area contributed by atoms with Gasteiger partial charge in [-0.15, -0.1) is 0 Å². The summed E-state index contributed by atoms with van der Waals surface area (Å²) in [5.41, 5.74) is 2.04. The molecular formula is C16H27NO3S. The lowest BCUT2D eigenvalue weighted by molar-refractivity contribution is 0.408. The van der Waals surface area contributed by atoms with E-state index >= 15 is 0 Å². The fourth-order valence-corrected chi connectivity index (χ4v) is 3.17. The van der Waals surface area contributed by atoms with Crippen LogP contribution < -0.4 is 9.46 Å². The summed E-state index contributed by atoms with van der Waals surface area (Å²) in [7, 11) is -1.62. The number of hydrogen-bond donors (Lipinski definition) is 1. The standard InChI is InChI=1S/C16H27NO3S/c1-6-7-10-21(18,19)17-12-13-11-14(16(2,3)4)8-9-15(13)20-5/h8-9,11,17H,6-7,10,12H2,1-5H3. The maximum atomic E-state index is 11.9. The summed E-state index contributed by atoms with van der Waals surface area (Å²) in [6.45, 7) is 8.63. The third-order valence-electron chi connectivity index (χ3n) is 3.40. The topological polar surface area (TPSA) is 55.4 Å². The highest BCUT2D eigenvalue weighted by molar-refractivity contribution is 7.89. The minimum atomic E-state index is -3.22. The van der Waals surface area contributed by atoms with E-state index in [1.54, 1.807) is 7.11 Å². The molecule has 1 rings (SSSR count). The van der Waals surface area contributed by atoms with E-state index in [-0.39, 0.29) is 17.7 Å². The fraction of sp³-hybridized carbons (Fsp3) is 0.625. The molecule has 0 saturated heterocycles. The van der Waals surface area contributed by atoms with Gasteiger partial charge in [0.05, 0.1) is 12.9 Å². The molecule has 5 heteroatoms. The Hall–Kier alpha value is -1.07. The van der Waals surface area contributed by atoms with Gasteiger partial charge in [-0.25, -0.2) is 13.1 Å². The molecule has 1 aromatic rings. The van der Waals surface area contributed by atoms with Crippen molar-refractivity contribution >= 4 is 10.0 Å². The van der Waals surface area contributed by atoms with Crippen molar-refractivity contribution < 1.29 is 13.2 Å². The Balaban J connectivity index is 2.91. The van der Waals surface area contributed by atoms with Gasteiger partial charge >= 0.3 is 0 Å². The van der Waals surface area contributed by atoms with E-state index in [4.69, 9.17) is 4.74 Å². The zero-order valence-electron chi connectivity index (χ0n) is 13.7. The van der Waals surface area contributed by atoms with Crippen LogP contribution >= 0.6 is 0 Å². The van der Waals surface area contributed by atoms with Crippen LogP contribution in [0.1, 0.15) is 51.7 Å². The first-order valence-electron chi connectivity index (χ1n) is 7.34. The van der Waals surface area contributed by atoms with Gasteiger partial charge in [0.15, 0.2) is 0 Å². The Morgan fingerprint density at radius 2 is 1.90 bits per heavy atom. The summed E-state index contributed by atoms with van der Waals surface area (Å²) in [5, 5.41) is 0. The van der Waals surface area contributed by atoms with Gasteiger partial charge in [0, 0.05) is 12.1 Å². The SMILES string of the molecule is CCCCS(=O)(=O)NCc1cc(C(C)(C)C)ccc1OC. The number of benzene rings is 1. The van der Waals surface area contributed by atoms with Crippen LogP contribution in [-0.2, 0) is 22.0 Å². The summed E-state index contributed by atoms with van der Waals surface area (Å²) in [5.74, 6) is 0.881. The molecule has 0 aromatic heterocycles. The van der Waals surface area contributed by atoms with Crippen molar-refractivity contribution in [1.29, 1.82) is 0 Å². The molecule has 0 amide bonds. The predicted octanol–water partition coefficient (Wildman–Crippen LogP) is 3.21. The first kappa shape index (κ1) is 18.0. The van der Waals surface area contributed by atoms with Crippen LogP contribution in [0.5, 0.6) is 5.75 Å². The van der Waals surface area contributed by atoms with Crippen LogP contribution in [0, 0.1) is 0 Å². The second kappa shape index (κ2) is 7.27. The van der Waals surface area contributed by atoms with Crippen molar-refractivity contribution in [3.8, 4) is 5.75 Å². The molecule has 120 valence electrons. The van der Waals surface area contributed by atoms with Gasteiger partial charge in [-0.05, 0) is 23.5 Å². The van der Waals surface area contributed by atoms with Crippen molar-refractivity contribution in [2.45, 2.75) is 52.5 Å². The van der Waals surface area contributed by atoms with Crippen LogP contribution in [0.2, 0.25) is 0 Å². The van der Waals surface area contributed by atoms with Gasteiger partial charge < -0.3 is 4.74 Å². The molecule has 0 fully saturated rings. The second-order valence-electron chi connectivity index (χ2n) is 6.27. The Morgan fingerprint density at radius 3 is 2.43 bits per heavy atom. The van der Waals surface area contributed by atoms with Crippen molar-refractivity contribution in [2.75, 3.05) is 12.9 Å². The summed E-state index contributed by atoms with van der Waals surface area (Å²) >= 11 is 0. The van der Waals surface area contributed by atoms with Crippen molar-refractivity contribution in [2.24, 2.45) is 0 Å². The van der Waals surface area contributed by atoms with Crippen molar-refractivity contribution in [1.82, 2.24) is 4.72 Å². The molecule has 0 heterocycles. The Morgan fingerprint density at radius 1 is 1.24 bits per heavy atom. The van der Waals surface area contributed by atoms with Crippen LogP contribution in [-0.4, -0.2) is 21.3 Å². The molecule has 0 aliphatic carbocycles. The summed E-state index contributed by atoms with van der Waals surface area (Å²) in [6.07, 6.45) is 1.54. The van der Waals surface area contributed by atoms with Gasteiger partial charge in [-0.3, -0.25) is 0 Å². The van der Waals surface area contributed by atoms with E-state index in [9.17, 15) is 8.42 Å². The van der Waals surface area contributed by atoms with E-state index < -0.39 is 10.0 Å². The Bertz CT molecular complexity index is 559. The van der Waals surface area contributed by atoms with E-state index in [2.05, 4.69) is 25.5 Å². The molecule has 0 saturated carbocycles. The zero-order chi connectivity index (χ0) is 16.1. The number of sulfonamides is 1. The van der Waals surface area contributed by atoms with E-state index in [0.717, 1.165) is 17.5 Å². The molecule has 0 radical (unpaired) electrons. The molecule has 4 nitrogen and oxygen atoms in total. The highest BCUT2D eigenvalue weighted by Crippen LogP contribution is 2.28. The maximum absolute atomic E-state index is 11.9. The first-order valence-corrected chi connectivity index (χ1v) is 8.99. The highest BCUT2D eigenvalue weighted by Gasteiger charge is 2.17. The lowest BCUT2D eigenvalue weighted by Crippen LogP contribution is -2.26. The van der Waals surface area contributed by atoms with Gasteiger partial charge in [-0.1, -0.05) is 46.2 Å². The average Bonchev–Trinajstić information content (AvgIpc) is 2.41. The number of hydrogen-bond acceptors (Lipinski definition) is 3. The number of methoxy groups -OCH3 is 1. The average molecular weight is 313 g/mol. The molecule has 0 unspecified atom stereocenters. The first-order chi connectivity index (χ1) is 9.69. The van der Waals surface area contributed by atoms with Crippen LogP contribution in [0.25, 0.3) is 0 Å².